The van der Waals surface area contributed by atoms with E-state index in [0.717, 1.165) is 5.56 Å². The number of anilines is 1. The molecule has 2 rings (SSSR count). The molecule has 1 aromatic heterocycles. The molecule has 3 N–H and O–H groups in total. The molecule has 0 bridgehead atoms. The Hall–Kier alpha value is -2.30. The summed E-state index contributed by atoms with van der Waals surface area (Å²) in [4.78, 5) is 18.6. The van der Waals surface area contributed by atoms with E-state index in [0.29, 0.717) is 36.0 Å². The first-order chi connectivity index (χ1) is 9.13. The number of aromatic amines is 1. The van der Waals surface area contributed by atoms with Crippen LogP contribution in [0.15, 0.2) is 29.1 Å². The van der Waals surface area contributed by atoms with Crippen molar-refractivity contribution >= 4 is 5.69 Å². The van der Waals surface area contributed by atoms with Crippen molar-refractivity contribution < 1.29 is 4.74 Å². The number of ether oxygens (including phenoxy) is 1. The Labute approximate surface area is 111 Å². The Morgan fingerprint density at radius 3 is 2.74 bits per heavy atom. The molecule has 100 valence electrons. The Balaban J connectivity index is 2.44. The number of nitrogens with one attached hydrogen (secondary N) is 1. The molecule has 0 saturated carbocycles. The van der Waals surface area contributed by atoms with Gasteiger partial charge in [0.15, 0.2) is 0 Å². The third-order valence-electron chi connectivity index (χ3n) is 2.73. The molecule has 1 aromatic carbocycles. The Morgan fingerprint density at radius 2 is 2.11 bits per heavy atom. The minimum absolute atomic E-state index is 0.158. The van der Waals surface area contributed by atoms with Crippen LogP contribution in [0.2, 0.25) is 0 Å². The van der Waals surface area contributed by atoms with Gasteiger partial charge in [-0.1, -0.05) is 6.92 Å². The van der Waals surface area contributed by atoms with Crippen molar-refractivity contribution in [2.45, 2.75) is 20.3 Å². The van der Waals surface area contributed by atoms with E-state index in [4.69, 9.17) is 10.5 Å². The van der Waals surface area contributed by atoms with Crippen molar-refractivity contribution in [1.29, 1.82) is 0 Å². The average Bonchev–Trinajstić information content (AvgIpc) is 2.40. The van der Waals surface area contributed by atoms with Crippen molar-refractivity contribution in [3.63, 3.8) is 0 Å². The largest absolute Gasteiger partial charge is 0.492 e. The molecule has 0 aliphatic heterocycles. The number of benzene rings is 1. The summed E-state index contributed by atoms with van der Waals surface area (Å²) in [5.74, 6) is 1.31. The fourth-order valence-corrected chi connectivity index (χ4v) is 1.82. The van der Waals surface area contributed by atoms with Crippen LogP contribution in [0.4, 0.5) is 5.69 Å². The van der Waals surface area contributed by atoms with E-state index >= 15 is 0 Å². The summed E-state index contributed by atoms with van der Waals surface area (Å²) in [6, 6.07) is 6.88. The lowest BCUT2D eigenvalue weighted by Crippen LogP contribution is -2.10. The predicted octanol–water partition coefficient (Wildman–Crippen LogP) is 1.98. The molecule has 0 spiro atoms. The van der Waals surface area contributed by atoms with E-state index in [1.165, 1.54) is 6.07 Å². The van der Waals surface area contributed by atoms with Gasteiger partial charge in [0, 0.05) is 18.1 Å². The fourth-order valence-electron chi connectivity index (χ4n) is 1.82. The number of nitrogens with zero attached hydrogens (tertiary/aromatic N) is 1. The predicted molar refractivity (Wildman–Crippen MR) is 75.3 cm³/mol. The summed E-state index contributed by atoms with van der Waals surface area (Å²) in [5, 5.41) is 0. The monoisotopic (exact) mass is 259 g/mol. The van der Waals surface area contributed by atoms with Gasteiger partial charge in [0.1, 0.15) is 11.6 Å². The first-order valence-electron chi connectivity index (χ1n) is 6.27. The number of nitrogen functional groups attached to an aromatic ring is 1. The maximum atomic E-state index is 11.5. The van der Waals surface area contributed by atoms with Crippen LogP contribution < -0.4 is 16.0 Å². The summed E-state index contributed by atoms with van der Waals surface area (Å²) in [6.45, 7) is 4.40. The normalized spacial score (nSPS) is 10.4. The zero-order valence-electron chi connectivity index (χ0n) is 11.1. The van der Waals surface area contributed by atoms with E-state index in [1.807, 2.05) is 19.9 Å². The molecule has 1 heterocycles. The molecule has 0 unspecified atom stereocenters. The van der Waals surface area contributed by atoms with Crippen molar-refractivity contribution in [3.8, 4) is 17.0 Å². The van der Waals surface area contributed by atoms with Crippen LogP contribution in [0.25, 0.3) is 11.3 Å². The number of hydrogen-bond donors (Lipinski definition) is 2. The lowest BCUT2D eigenvalue weighted by molar-refractivity contribution is 0.342. The van der Waals surface area contributed by atoms with Crippen molar-refractivity contribution in [2.75, 3.05) is 12.3 Å². The maximum Gasteiger partial charge on any atom is 0.251 e. The van der Waals surface area contributed by atoms with Crippen molar-refractivity contribution in [2.24, 2.45) is 0 Å². The topological polar surface area (TPSA) is 81.0 Å². The van der Waals surface area contributed by atoms with Crippen LogP contribution in [0, 0.1) is 0 Å². The Kier molecular flexibility index (Phi) is 3.85. The highest BCUT2D eigenvalue weighted by molar-refractivity contribution is 5.68. The van der Waals surface area contributed by atoms with Gasteiger partial charge in [0.25, 0.3) is 5.56 Å². The van der Waals surface area contributed by atoms with E-state index in [1.54, 1.807) is 12.1 Å². The van der Waals surface area contributed by atoms with Gasteiger partial charge < -0.3 is 15.5 Å². The van der Waals surface area contributed by atoms with Gasteiger partial charge in [-0.2, -0.15) is 0 Å². The zero-order valence-corrected chi connectivity index (χ0v) is 11.1. The van der Waals surface area contributed by atoms with Crippen LogP contribution in [-0.4, -0.2) is 16.6 Å². The van der Waals surface area contributed by atoms with Gasteiger partial charge in [-0.05, 0) is 25.1 Å². The fraction of sp³-hybridized carbons (Fsp3) is 0.286. The smallest absolute Gasteiger partial charge is 0.251 e. The molecule has 0 saturated heterocycles. The number of hydrogen-bond acceptors (Lipinski definition) is 4. The van der Waals surface area contributed by atoms with Gasteiger partial charge >= 0.3 is 0 Å². The van der Waals surface area contributed by atoms with E-state index < -0.39 is 0 Å². The molecule has 0 amide bonds. The number of H-pyrrole nitrogens is 1. The molecule has 2 aromatic rings. The summed E-state index contributed by atoms with van der Waals surface area (Å²) in [7, 11) is 0. The Morgan fingerprint density at radius 1 is 1.32 bits per heavy atom. The van der Waals surface area contributed by atoms with Gasteiger partial charge in [-0.25, -0.2) is 4.98 Å². The van der Waals surface area contributed by atoms with Crippen molar-refractivity contribution in [1.82, 2.24) is 9.97 Å². The Bertz CT molecular complexity index is 635. The zero-order chi connectivity index (χ0) is 13.8. The molecule has 0 aliphatic rings. The van der Waals surface area contributed by atoms with Crippen LogP contribution in [-0.2, 0) is 6.42 Å². The van der Waals surface area contributed by atoms with Gasteiger partial charge in [-0.15, -0.1) is 0 Å². The first kappa shape index (κ1) is 13.1. The third kappa shape index (κ3) is 2.93. The lowest BCUT2D eigenvalue weighted by Gasteiger charge is -2.09. The van der Waals surface area contributed by atoms with Crippen molar-refractivity contribution in [3.05, 3.63) is 40.4 Å². The van der Waals surface area contributed by atoms with Crippen LogP contribution in [0.5, 0.6) is 5.75 Å². The summed E-state index contributed by atoms with van der Waals surface area (Å²) in [5.41, 5.74) is 7.73. The second-order valence-corrected chi connectivity index (χ2v) is 4.12. The maximum absolute atomic E-state index is 11.5. The van der Waals surface area contributed by atoms with Gasteiger partial charge in [0.05, 0.1) is 18.0 Å². The minimum Gasteiger partial charge on any atom is -0.492 e. The second-order valence-electron chi connectivity index (χ2n) is 4.12. The second kappa shape index (κ2) is 5.56. The number of rotatable bonds is 4. The molecule has 0 aliphatic carbocycles. The first-order valence-corrected chi connectivity index (χ1v) is 6.27. The average molecular weight is 259 g/mol. The van der Waals surface area contributed by atoms with Crippen LogP contribution in [0.3, 0.4) is 0 Å². The molecule has 0 fully saturated rings. The highest BCUT2D eigenvalue weighted by Gasteiger charge is 2.06. The van der Waals surface area contributed by atoms with E-state index in [2.05, 4.69) is 9.97 Å². The standard InChI is InChI=1S/C14H17N3O2/c1-3-13-16-11(8-14(18)17-13)9-5-6-12(19-4-2)10(15)7-9/h5-8H,3-4,15H2,1-2H3,(H,16,17,18). The number of aromatic nitrogens is 2. The molecule has 5 heteroatoms. The highest BCUT2D eigenvalue weighted by Crippen LogP contribution is 2.27. The molecular weight excluding hydrogens is 242 g/mol. The van der Waals surface area contributed by atoms with Gasteiger partial charge in [-0.3, -0.25) is 4.79 Å². The quantitative estimate of drug-likeness (QED) is 0.823. The van der Waals surface area contributed by atoms with Crippen LogP contribution >= 0.6 is 0 Å². The number of aryl methyl sites for hydroxylation is 1. The summed E-state index contributed by atoms with van der Waals surface area (Å²) in [6.07, 6.45) is 0.676. The van der Waals surface area contributed by atoms with Crippen LogP contribution in [0.1, 0.15) is 19.7 Å². The van der Waals surface area contributed by atoms with E-state index in [9.17, 15) is 4.79 Å². The summed E-state index contributed by atoms with van der Waals surface area (Å²) < 4.78 is 5.38. The highest BCUT2D eigenvalue weighted by atomic mass is 16.5. The molecule has 19 heavy (non-hydrogen) atoms. The minimum atomic E-state index is -0.158. The molecular formula is C14H17N3O2. The summed E-state index contributed by atoms with van der Waals surface area (Å²) >= 11 is 0. The van der Waals surface area contributed by atoms with Gasteiger partial charge in [0.2, 0.25) is 0 Å². The number of nitrogens with two attached hydrogens (primary N) is 1. The molecule has 0 atom stereocenters. The lowest BCUT2D eigenvalue weighted by atomic mass is 10.1. The molecule has 0 radical (unpaired) electrons. The third-order valence-corrected chi connectivity index (χ3v) is 2.73. The SMILES string of the molecule is CCOc1ccc(-c2cc(=O)[nH]c(CC)n2)cc1N. The molecule has 5 nitrogen and oxygen atoms in total. The van der Waals surface area contributed by atoms with E-state index in [-0.39, 0.29) is 5.56 Å².